The van der Waals surface area contributed by atoms with Gasteiger partial charge in [-0.25, -0.2) is 9.78 Å². The van der Waals surface area contributed by atoms with Gasteiger partial charge in [-0.05, 0) is 0 Å². The number of nitrogens with one attached hydrogen (secondary N) is 1. The molecule has 0 amide bonds. The summed E-state index contributed by atoms with van der Waals surface area (Å²) in [7, 11) is 0. The van der Waals surface area contributed by atoms with Crippen LogP contribution >= 0.6 is 0 Å². The summed E-state index contributed by atoms with van der Waals surface area (Å²) in [5.41, 5.74) is 0.255. The summed E-state index contributed by atoms with van der Waals surface area (Å²) in [6.45, 7) is 1.46. The molecule has 5 nitrogen and oxygen atoms in total. The highest BCUT2D eigenvalue weighted by Gasteiger charge is 2.18. The van der Waals surface area contributed by atoms with Crippen molar-refractivity contribution in [3.8, 4) is 0 Å². The largest absolute Gasteiger partial charge is 0.477 e. The van der Waals surface area contributed by atoms with Gasteiger partial charge < -0.3 is 15.0 Å². The van der Waals surface area contributed by atoms with Crippen LogP contribution in [0.3, 0.4) is 0 Å². The minimum atomic E-state index is -0.924. The standard InChI is InChI=1S/C6H7N3O2/c10-5(11)4-3-8-6-7-1-2-9(4)6/h3H,1-2H2,(H,7,8)(H,10,11). The number of fused-ring (bicyclic) bond motifs is 1. The number of rotatable bonds is 1. The van der Waals surface area contributed by atoms with Crippen LogP contribution in [0.25, 0.3) is 0 Å². The van der Waals surface area contributed by atoms with E-state index in [9.17, 15) is 4.79 Å². The zero-order valence-electron chi connectivity index (χ0n) is 5.74. The van der Waals surface area contributed by atoms with E-state index < -0.39 is 5.97 Å². The predicted octanol–water partition coefficient (Wildman–Crippen LogP) is 0.00680. The molecule has 2 rings (SSSR count). The Hall–Kier alpha value is -1.52. The van der Waals surface area contributed by atoms with Gasteiger partial charge in [-0.1, -0.05) is 0 Å². The molecule has 0 radical (unpaired) electrons. The lowest BCUT2D eigenvalue weighted by Gasteiger charge is -1.95. The summed E-state index contributed by atoms with van der Waals surface area (Å²) in [6.07, 6.45) is 1.36. The van der Waals surface area contributed by atoms with Crippen molar-refractivity contribution in [1.29, 1.82) is 0 Å². The molecule has 1 aliphatic rings. The molecule has 0 atom stereocenters. The van der Waals surface area contributed by atoms with Gasteiger partial charge in [0.2, 0.25) is 5.95 Å². The molecule has 11 heavy (non-hydrogen) atoms. The second-order valence-electron chi connectivity index (χ2n) is 2.35. The molecule has 2 heterocycles. The van der Waals surface area contributed by atoms with Crippen LogP contribution in [0.2, 0.25) is 0 Å². The first-order valence-corrected chi connectivity index (χ1v) is 3.32. The van der Waals surface area contributed by atoms with Crippen molar-refractivity contribution in [2.75, 3.05) is 11.9 Å². The molecule has 0 saturated heterocycles. The molecule has 5 heteroatoms. The Morgan fingerprint density at radius 3 is 3.36 bits per heavy atom. The Morgan fingerprint density at radius 2 is 2.64 bits per heavy atom. The Bertz CT molecular complexity index is 305. The van der Waals surface area contributed by atoms with Gasteiger partial charge in [-0.15, -0.1) is 0 Å². The summed E-state index contributed by atoms with van der Waals surface area (Å²) in [5, 5.41) is 11.6. The van der Waals surface area contributed by atoms with Crippen molar-refractivity contribution in [3.63, 3.8) is 0 Å². The van der Waals surface area contributed by atoms with Gasteiger partial charge in [0.1, 0.15) is 5.69 Å². The van der Waals surface area contributed by atoms with Crippen LogP contribution in [0.15, 0.2) is 6.20 Å². The third kappa shape index (κ3) is 0.772. The van der Waals surface area contributed by atoms with Gasteiger partial charge in [-0.3, -0.25) is 0 Å². The Balaban J connectivity index is 2.50. The number of imidazole rings is 1. The highest BCUT2D eigenvalue weighted by atomic mass is 16.4. The number of hydrogen-bond donors (Lipinski definition) is 2. The number of anilines is 1. The molecule has 2 N–H and O–H groups in total. The van der Waals surface area contributed by atoms with Crippen molar-refractivity contribution in [2.24, 2.45) is 0 Å². The minimum Gasteiger partial charge on any atom is -0.477 e. The first-order valence-electron chi connectivity index (χ1n) is 3.32. The molecule has 1 aromatic rings. The lowest BCUT2D eigenvalue weighted by molar-refractivity contribution is 0.0686. The number of hydrogen-bond acceptors (Lipinski definition) is 3. The summed E-state index contributed by atoms with van der Waals surface area (Å²) in [4.78, 5) is 14.4. The van der Waals surface area contributed by atoms with E-state index in [4.69, 9.17) is 5.11 Å². The summed E-state index contributed by atoms with van der Waals surface area (Å²) in [5.74, 6) is -0.269. The van der Waals surface area contributed by atoms with Crippen molar-refractivity contribution in [1.82, 2.24) is 9.55 Å². The van der Waals surface area contributed by atoms with Gasteiger partial charge in [-0.2, -0.15) is 0 Å². The number of nitrogens with zero attached hydrogens (tertiary/aromatic N) is 2. The molecule has 0 aromatic carbocycles. The monoisotopic (exact) mass is 153 g/mol. The van der Waals surface area contributed by atoms with Crippen molar-refractivity contribution < 1.29 is 9.90 Å². The fourth-order valence-electron chi connectivity index (χ4n) is 1.19. The van der Waals surface area contributed by atoms with E-state index in [1.54, 1.807) is 4.57 Å². The molecule has 0 aliphatic carbocycles. The Morgan fingerprint density at radius 1 is 1.82 bits per heavy atom. The number of carbonyl (C=O) groups is 1. The lowest BCUT2D eigenvalue weighted by atomic mass is 10.5. The fourth-order valence-corrected chi connectivity index (χ4v) is 1.19. The van der Waals surface area contributed by atoms with Crippen molar-refractivity contribution in [2.45, 2.75) is 6.54 Å². The highest BCUT2D eigenvalue weighted by Crippen LogP contribution is 2.14. The molecular formula is C6H7N3O2. The second-order valence-corrected chi connectivity index (χ2v) is 2.35. The molecule has 0 unspecified atom stereocenters. The number of aromatic nitrogens is 2. The SMILES string of the molecule is O=C(O)c1cnc2n1CCN2. The van der Waals surface area contributed by atoms with Crippen LogP contribution in [-0.4, -0.2) is 27.2 Å². The van der Waals surface area contributed by atoms with Crippen LogP contribution in [0.1, 0.15) is 10.5 Å². The van der Waals surface area contributed by atoms with Crippen LogP contribution in [0.5, 0.6) is 0 Å². The molecule has 58 valence electrons. The third-order valence-corrected chi connectivity index (χ3v) is 1.69. The molecule has 1 aromatic heterocycles. The van der Waals surface area contributed by atoms with Crippen LogP contribution in [0.4, 0.5) is 5.95 Å². The summed E-state index contributed by atoms with van der Waals surface area (Å²) < 4.78 is 1.66. The number of carboxylic acid groups (broad SMARTS) is 1. The predicted molar refractivity (Wildman–Crippen MR) is 37.7 cm³/mol. The van der Waals surface area contributed by atoms with Gasteiger partial charge in [0.15, 0.2) is 0 Å². The number of carboxylic acids is 1. The molecule has 0 fully saturated rings. The first kappa shape index (κ1) is 6.21. The maximum atomic E-state index is 10.5. The average Bonchev–Trinajstić information content (AvgIpc) is 2.41. The minimum absolute atomic E-state index is 0.255. The topological polar surface area (TPSA) is 67.1 Å². The first-order chi connectivity index (χ1) is 5.29. The van der Waals surface area contributed by atoms with Gasteiger partial charge >= 0.3 is 5.97 Å². The van der Waals surface area contributed by atoms with E-state index in [1.165, 1.54) is 6.20 Å². The summed E-state index contributed by atoms with van der Waals surface area (Å²) in [6, 6.07) is 0. The van der Waals surface area contributed by atoms with E-state index in [1.807, 2.05) is 0 Å². The quantitative estimate of drug-likeness (QED) is 0.596. The lowest BCUT2D eigenvalue weighted by Crippen LogP contribution is -2.05. The van der Waals surface area contributed by atoms with E-state index in [0.29, 0.717) is 12.5 Å². The molecular weight excluding hydrogens is 146 g/mol. The van der Waals surface area contributed by atoms with Gasteiger partial charge in [0.05, 0.1) is 6.20 Å². The average molecular weight is 153 g/mol. The van der Waals surface area contributed by atoms with Crippen LogP contribution in [-0.2, 0) is 6.54 Å². The van der Waals surface area contributed by atoms with E-state index in [2.05, 4.69) is 10.3 Å². The Kier molecular flexibility index (Phi) is 1.12. The maximum absolute atomic E-state index is 10.5. The fraction of sp³-hybridized carbons (Fsp3) is 0.333. The van der Waals surface area contributed by atoms with Gasteiger partial charge in [0.25, 0.3) is 0 Å². The van der Waals surface area contributed by atoms with Crippen LogP contribution < -0.4 is 5.32 Å². The highest BCUT2D eigenvalue weighted by molar-refractivity contribution is 5.86. The van der Waals surface area contributed by atoms with E-state index >= 15 is 0 Å². The van der Waals surface area contributed by atoms with E-state index in [-0.39, 0.29) is 5.69 Å². The molecule has 0 spiro atoms. The normalized spacial score (nSPS) is 14.2. The Labute approximate surface area is 62.7 Å². The zero-order valence-corrected chi connectivity index (χ0v) is 5.74. The molecule has 0 bridgehead atoms. The van der Waals surface area contributed by atoms with Crippen molar-refractivity contribution >= 4 is 11.9 Å². The summed E-state index contributed by atoms with van der Waals surface area (Å²) >= 11 is 0. The molecule has 0 saturated carbocycles. The smallest absolute Gasteiger partial charge is 0.354 e. The molecule has 1 aliphatic heterocycles. The second kappa shape index (κ2) is 1.98. The maximum Gasteiger partial charge on any atom is 0.354 e. The van der Waals surface area contributed by atoms with Gasteiger partial charge in [0, 0.05) is 13.1 Å². The third-order valence-electron chi connectivity index (χ3n) is 1.69. The number of aromatic carboxylic acids is 1. The van der Waals surface area contributed by atoms with E-state index in [0.717, 1.165) is 6.54 Å². The van der Waals surface area contributed by atoms with Crippen molar-refractivity contribution in [3.05, 3.63) is 11.9 Å². The zero-order chi connectivity index (χ0) is 7.84. The van der Waals surface area contributed by atoms with Crippen LogP contribution in [0, 0.1) is 0 Å².